The van der Waals surface area contributed by atoms with E-state index >= 15 is 0 Å². The number of hydrogen-bond acceptors (Lipinski definition) is 5. The molecule has 0 saturated carbocycles. The Morgan fingerprint density at radius 2 is 2.27 bits per heavy atom. The van der Waals surface area contributed by atoms with Crippen LogP contribution in [0.3, 0.4) is 0 Å². The van der Waals surface area contributed by atoms with E-state index in [0.717, 1.165) is 17.9 Å². The molecule has 2 unspecified atom stereocenters. The lowest BCUT2D eigenvalue weighted by Gasteiger charge is -2.12. The van der Waals surface area contributed by atoms with Crippen molar-refractivity contribution in [1.29, 1.82) is 0 Å². The monoisotopic (exact) mass is 227 g/mol. The summed E-state index contributed by atoms with van der Waals surface area (Å²) in [6.07, 6.45) is 1.19. The molecular formula is C9H14ClN5. The molecule has 15 heavy (non-hydrogen) atoms. The Kier molecular flexibility index (Phi) is 3.04. The van der Waals surface area contributed by atoms with Gasteiger partial charge in [-0.25, -0.2) is 15.4 Å². The predicted octanol–water partition coefficient (Wildman–Crippen LogP) is 1.06. The molecule has 2 atom stereocenters. The minimum Gasteiger partial charge on any atom is -0.353 e. The molecule has 1 aromatic heterocycles. The maximum atomic E-state index is 5.77. The summed E-state index contributed by atoms with van der Waals surface area (Å²) in [7, 11) is 0. The van der Waals surface area contributed by atoms with Gasteiger partial charge in [0, 0.05) is 17.8 Å². The Labute approximate surface area is 93.6 Å². The van der Waals surface area contributed by atoms with Crippen LogP contribution in [0.1, 0.15) is 19.0 Å². The fraction of sp³-hybridized carbons (Fsp3) is 0.556. The standard InChI is InChI=1S/C9H14ClN5/c1-5-3-7(13-9(10)11-5)12-8-4-6(2)14-15-8/h3,6,8,14-15H,4H2,1-2H3,(H,11,12,13). The number of halogens is 1. The van der Waals surface area contributed by atoms with Crippen molar-refractivity contribution in [1.82, 2.24) is 20.8 Å². The molecule has 0 bridgehead atoms. The lowest BCUT2D eigenvalue weighted by atomic mass is 10.2. The highest BCUT2D eigenvalue weighted by Gasteiger charge is 2.19. The summed E-state index contributed by atoms with van der Waals surface area (Å²) >= 11 is 5.77. The van der Waals surface area contributed by atoms with E-state index in [1.54, 1.807) is 0 Å². The molecule has 6 heteroatoms. The summed E-state index contributed by atoms with van der Waals surface area (Å²) < 4.78 is 0. The summed E-state index contributed by atoms with van der Waals surface area (Å²) in [5, 5.41) is 3.52. The lowest BCUT2D eigenvalue weighted by molar-refractivity contribution is 0.571. The largest absolute Gasteiger partial charge is 0.353 e. The first-order valence-electron chi connectivity index (χ1n) is 4.92. The number of hydrogen-bond donors (Lipinski definition) is 3. The number of rotatable bonds is 2. The molecule has 1 aromatic rings. The zero-order valence-corrected chi connectivity index (χ0v) is 9.47. The first kappa shape index (κ1) is 10.6. The molecule has 0 aromatic carbocycles. The van der Waals surface area contributed by atoms with Crippen LogP contribution in [0.2, 0.25) is 5.28 Å². The van der Waals surface area contributed by atoms with Gasteiger partial charge in [0.2, 0.25) is 5.28 Å². The molecule has 1 aliphatic heterocycles. The molecule has 2 heterocycles. The zero-order chi connectivity index (χ0) is 10.8. The Hall–Kier alpha value is -0.910. The molecule has 1 aliphatic rings. The molecule has 0 radical (unpaired) electrons. The van der Waals surface area contributed by atoms with Crippen LogP contribution in [-0.2, 0) is 0 Å². The van der Waals surface area contributed by atoms with Gasteiger partial charge in [-0.3, -0.25) is 5.43 Å². The molecule has 3 N–H and O–H groups in total. The van der Waals surface area contributed by atoms with Crippen LogP contribution in [0, 0.1) is 6.92 Å². The van der Waals surface area contributed by atoms with E-state index in [2.05, 4.69) is 33.1 Å². The maximum absolute atomic E-state index is 5.77. The van der Waals surface area contributed by atoms with Crippen LogP contribution < -0.4 is 16.2 Å². The zero-order valence-electron chi connectivity index (χ0n) is 8.71. The van der Waals surface area contributed by atoms with Crippen LogP contribution in [0.5, 0.6) is 0 Å². The SMILES string of the molecule is Cc1cc(NC2CC(C)NN2)nc(Cl)n1. The van der Waals surface area contributed by atoms with Crippen LogP contribution in [0.4, 0.5) is 5.82 Å². The smallest absolute Gasteiger partial charge is 0.224 e. The second-order valence-corrected chi connectivity index (χ2v) is 4.12. The summed E-state index contributed by atoms with van der Waals surface area (Å²) in [4.78, 5) is 8.10. The minimum atomic E-state index is 0.186. The molecule has 1 saturated heterocycles. The van der Waals surface area contributed by atoms with Gasteiger partial charge in [0.15, 0.2) is 0 Å². The van der Waals surface area contributed by atoms with E-state index in [9.17, 15) is 0 Å². The molecular weight excluding hydrogens is 214 g/mol. The second-order valence-electron chi connectivity index (χ2n) is 3.79. The average Bonchev–Trinajstić information content (AvgIpc) is 2.49. The Morgan fingerprint density at radius 3 is 2.87 bits per heavy atom. The van der Waals surface area contributed by atoms with Crippen LogP contribution in [-0.4, -0.2) is 22.2 Å². The lowest BCUT2D eigenvalue weighted by Crippen LogP contribution is -2.36. The summed E-state index contributed by atoms with van der Waals surface area (Å²) in [5.74, 6) is 0.751. The fourth-order valence-corrected chi connectivity index (χ4v) is 1.82. The minimum absolute atomic E-state index is 0.186. The van der Waals surface area contributed by atoms with E-state index in [1.165, 1.54) is 0 Å². The van der Waals surface area contributed by atoms with Crippen molar-refractivity contribution in [2.75, 3.05) is 5.32 Å². The molecule has 5 nitrogen and oxygen atoms in total. The van der Waals surface area contributed by atoms with E-state index in [0.29, 0.717) is 6.04 Å². The van der Waals surface area contributed by atoms with Crippen molar-refractivity contribution in [3.8, 4) is 0 Å². The van der Waals surface area contributed by atoms with Crippen molar-refractivity contribution >= 4 is 17.4 Å². The van der Waals surface area contributed by atoms with Gasteiger partial charge in [0.1, 0.15) is 5.82 Å². The number of nitrogens with one attached hydrogen (secondary N) is 3. The maximum Gasteiger partial charge on any atom is 0.224 e. The number of hydrazine groups is 1. The van der Waals surface area contributed by atoms with Crippen molar-refractivity contribution in [3.63, 3.8) is 0 Å². The highest BCUT2D eigenvalue weighted by atomic mass is 35.5. The van der Waals surface area contributed by atoms with Crippen LogP contribution >= 0.6 is 11.6 Å². The van der Waals surface area contributed by atoms with Crippen molar-refractivity contribution in [2.45, 2.75) is 32.5 Å². The third-order valence-electron chi connectivity index (χ3n) is 2.24. The first-order valence-corrected chi connectivity index (χ1v) is 5.30. The second kappa shape index (κ2) is 4.30. The van der Waals surface area contributed by atoms with E-state index in [4.69, 9.17) is 11.6 Å². The quantitative estimate of drug-likeness (QED) is 0.660. The van der Waals surface area contributed by atoms with Gasteiger partial charge in [-0.2, -0.15) is 0 Å². The van der Waals surface area contributed by atoms with Gasteiger partial charge in [-0.05, 0) is 31.9 Å². The highest BCUT2D eigenvalue weighted by molar-refractivity contribution is 6.28. The topological polar surface area (TPSA) is 61.9 Å². The summed E-state index contributed by atoms with van der Waals surface area (Å²) in [6, 6.07) is 2.33. The van der Waals surface area contributed by atoms with Gasteiger partial charge < -0.3 is 5.32 Å². The van der Waals surface area contributed by atoms with Crippen LogP contribution in [0.15, 0.2) is 6.07 Å². The number of nitrogens with zero attached hydrogens (tertiary/aromatic N) is 2. The van der Waals surface area contributed by atoms with Gasteiger partial charge in [0.05, 0.1) is 6.17 Å². The molecule has 0 spiro atoms. The van der Waals surface area contributed by atoms with E-state index in [1.807, 2.05) is 13.0 Å². The Morgan fingerprint density at radius 1 is 1.47 bits per heavy atom. The summed E-state index contributed by atoms with van der Waals surface area (Å²) in [5.41, 5.74) is 7.12. The van der Waals surface area contributed by atoms with Crippen molar-refractivity contribution in [3.05, 3.63) is 17.0 Å². The number of anilines is 1. The van der Waals surface area contributed by atoms with Gasteiger partial charge >= 0.3 is 0 Å². The van der Waals surface area contributed by atoms with Gasteiger partial charge in [0.25, 0.3) is 0 Å². The third-order valence-corrected chi connectivity index (χ3v) is 2.41. The van der Waals surface area contributed by atoms with Crippen LogP contribution in [0.25, 0.3) is 0 Å². The normalized spacial score (nSPS) is 25.5. The van der Waals surface area contributed by atoms with Gasteiger partial charge in [-0.1, -0.05) is 0 Å². The number of aromatic nitrogens is 2. The highest BCUT2D eigenvalue weighted by Crippen LogP contribution is 2.13. The van der Waals surface area contributed by atoms with Crippen molar-refractivity contribution < 1.29 is 0 Å². The molecule has 1 fully saturated rings. The molecule has 0 aliphatic carbocycles. The summed E-state index contributed by atoms with van der Waals surface area (Å²) in [6.45, 7) is 4.01. The van der Waals surface area contributed by atoms with Gasteiger partial charge in [-0.15, -0.1) is 0 Å². The Bertz CT molecular complexity index is 336. The first-order chi connectivity index (χ1) is 7.13. The average molecular weight is 228 g/mol. The molecule has 2 rings (SSSR count). The molecule has 82 valence electrons. The van der Waals surface area contributed by atoms with E-state index in [-0.39, 0.29) is 11.4 Å². The Balaban J connectivity index is 2.04. The van der Waals surface area contributed by atoms with E-state index < -0.39 is 0 Å². The number of aryl methyl sites for hydroxylation is 1. The predicted molar refractivity (Wildman–Crippen MR) is 59.5 cm³/mol. The molecule has 0 amide bonds. The third kappa shape index (κ3) is 2.77. The van der Waals surface area contributed by atoms with Crippen molar-refractivity contribution in [2.24, 2.45) is 0 Å². The fourth-order valence-electron chi connectivity index (χ4n) is 1.59.